The van der Waals surface area contributed by atoms with Crippen molar-refractivity contribution >= 4 is 5.82 Å². The van der Waals surface area contributed by atoms with Gasteiger partial charge in [-0.2, -0.15) is 0 Å². The highest BCUT2D eigenvalue weighted by Gasteiger charge is 2.07. The molecule has 1 aromatic rings. The SMILES string of the molecule is CCc1c(N)ncnc1OCCCO. The maximum atomic E-state index is 8.59. The van der Waals surface area contributed by atoms with E-state index in [4.69, 9.17) is 15.6 Å². The van der Waals surface area contributed by atoms with Crippen LogP contribution in [0.2, 0.25) is 0 Å². The predicted octanol–water partition coefficient (Wildman–Crippen LogP) is 0.382. The lowest BCUT2D eigenvalue weighted by molar-refractivity contribution is 0.228. The summed E-state index contributed by atoms with van der Waals surface area (Å²) in [6.45, 7) is 2.52. The van der Waals surface area contributed by atoms with Crippen molar-refractivity contribution in [2.75, 3.05) is 18.9 Å². The van der Waals surface area contributed by atoms with Gasteiger partial charge in [0.05, 0.1) is 12.2 Å². The highest BCUT2D eigenvalue weighted by atomic mass is 16.5. The largest absolute Gasteiger partial charge is 0.477 e. The zero-order valence-electron chi connectivity index (χ0n) is 8.23. The van der Waals surface area contributed by atoms with Gasteiger partial charge in [0.2, 0.25) is 5.88 Å². The Hall–Kier alpha value is -1.36. The van der Waals surface area contributed by atoms with Crippen LogP contribution in [-0.4, -0.2) is 28.3 Å². The monoisotopic (exact) mass is 197 g/mol. The van der Waals surface area contributed by atoms with Crippen LogP contribution in [0.25, 0.3) is 0 Å². The van der Waals surface area contributed by atoms with E-state index in [1.807, 2.05) is 6.92 Å². The van der Waals surface area contributed by atoms with Crippen LogP contribution in [0.3, 0.4) is 0 Å². The van der Waals surface area contributed by atoms with E-state index in [0.717, 1.165) is 12.0 Å². The van der Waals surface area contributed by atoms with Crippen molar-refractivity contribution < 1.29 is 9.84 Å². The third-order valence-electron chi connectivity index (χ3n) is 1.83. The summed E-state index contributed by atoms with van der Waals surface area (Å²) in [5, 5.41) is 8.59. The molecule has 0 bridgehead atoms. The van der Waals surface area contributed by atoms with Gasteiger partial charge in [0.15, 0.2) is 0 Å². The number of aliphatic hydroxyl groups is 1. The quantitative estimate of drug-likeness (QED) is 0.667. The number of hydrogen-bond donors (Lipinski definition) is 2. The fourth-order valence-electron chi connectivity index (χ4n) is 1.10. The highest BCUT2D eigenvalue weighted by molar-refractivity contribution is 5.44. The van der Waals surface area contributed by atoms with Gasteiger partial charge < -0.3 is 15.6 Å². The molecule has 0 radical (unpaired) electrons. The summed E-state index contributed by atoms with van der Waals surface area (Å²) in [6, 6.07) is 0. The minimum atomic E-state index is 0.113. The fraction of sp³-hybridized carbons (Fsp3) is 0.556. The molecule has 0 saturated carbocycles. The number of rotatable bonds is 5. The molecule has 0 aliphatic heterocycles. The Balaban J connectivity index is 2.70. The standard InChI is InChI=1S/C9H15N3O2/c1-2-7-8(10)11-6-12-9(7)14-5-3-4-13/h6,13H,2-5H2,1H3,(H2,10,11,12). The summed E-state index contributed by atoms with van der Waals surface area (Å²) in [5.74, 6) is 0.981. The Morgan fingerprint density at radius 2 is 2.29 bits per heavy atom. The van der Waals surface area contributed by atoms with Gasteiger partial charge in [-0.1, -0.05) is 6.92 Å². The Morgan fingerprint density at radius 1 is 1.50 bits per heavy atom. The van der Waals surface area contributed by atoms with E-state index >= 15 is 0 Å². The number of aliphatic hydroxyl groups excluding tert-OH is 1. The van der Waals surface area contributed by atoms with Gasteiger partial charge in [-0.15, -0.1) is 0 Å². The van der Waals surface area contributed by atoms with Crippen molar-refractivity contribution in [1.82, 2.24) is 9.97 Å². The maximum Gasteiger partial charge on any atom is 0.221 e. The van der Waals surface area contributed by atoms with Gasteiger partial charge in [-0.25, -0.2) is 9.97 Å². The molecule has 1 rings (SSSR count). The van der Waals surface area contributed by atoms with Gasteiger partial charge in [0.1, 0.15) is 12.1 Å². The number of nitrogens with zero attached hydrogens (tertiary/aromatic N) is 2. The van der Waals surface area contributed by atoms with Crippen molar-refractivity contribution in [2.45, 2.75) is 19.8 Å². The van der Waals surface area contributed by atoms with Crippen LogP contribution in [0.4, 0.5) is 5.82 Å². The lowest BCUT2D eigenvalue weighted by Crippen LogP contribution is -2.06. The summed E-state index contributed by atoms with van der Waals surface area (Å²) in [5.41, 5.74) is 6.48. The third-order valence-corrected chi connectivity index (χ3v) is 1.83. The number of anilines is 1. The predicted molar refractivity (Wildman–Crippen MR) is 53.0 cm³/mol. The molecule has 0 aliphatic rings. The summed E-state index contributed by atoms with van der Waals surface area (Å²) in [4.78, 5) is 7.86. The Labute approximate surface area is 82.9 Å². The highest BCUT2D eigenvalue weighted by Crippen LogP contribution is 2.19. The molecule has 0 unspecified atom stereocenters. The smallest absolute Gasteiger partial charge is 0.221 e. The first-order valence-electron chi connectivity index (χ1n) is 4.62. The minimum absolute atomic E-state index is 0.113. The molecule has 5 nitrogen and oxygen atoms in total. The van der Waals surface area contributed by atoms with Crippen LogP contribution in [-0.2, 0) is 6.42 Å². The van der Waals surface area contributed by atoms with Crippen LogP contribution in [0.1, 0.15) is 18.9 Å². The van der Waals surface area contributed by atoms with E-state index in [1.54, 1.807) is 0 Å². The molecular formula is C9H15N3O2. The van der Waals surface area contributed by atoms with E-state index in [2.05, 4.69) is 9.97 Å². The second-order valence-corrected chi connectivity index (χ2v) is 2.82. The Kier molecular flexibility index (Phi) is 4.12. The summed E-state index contributed by atoms with van der Waals surface area (Å²) < 4.78 is 5.36. The number of aromatic nitrogens is 2. The first-order valence-corrected chi connectivity index (χ1v) is 4.62. The molecule has 14 heavy (non-hydrogen) atoms. The molecular weight excluding hydrogens is 182 g/mol. The molecule has 0 saturated heterocycles. The molecule has 0 aliphatic carbocycles. The molecule has 1 heterocycles. The summed E-state index contributed by atoms with van der Waals surface area (Å²) in [7, 11) is 0. The van der Waals surface area contributed by atoms with Crippen LogP contribution >= 0.6 is 0 Å². The van der Waals surface area contributed by atoms with Crippen molar-refractivity contribution in [3.63, 3.8) is 0 Å². The second-order valence-electron chi connectivity index (χ2n) is 2.82. The van der Waals surface area contributed by atoms with Crippen molar-refractivity contribution in [1.29, 1.82) is 0 Å². The minimum Gasteiger partial charge on any atom is -0.477 e. The molecule has 0 fully saturated rings. The first-order chi connectivity index (χ1) is 6.79. The molecule has 0 spiro atoms. The second kappa shape index (κ2) is 5.39. The molecule has 0 atom stereocenters. The zero-order chi connectivity index (χ0) is 10.4. The van der Waals surface area contributed by atoms with E-state index in [0.29, 0.717) is 24.7 Å². The Morgan fingerprint density at radius 3 is 2.93 bits per heavy atom. The topological polar surface area (TPSA) is 81.3 Å². The molecule has 0 aromatic carbocycles. The lowest BCUT2D eigenvalue weighted by atomic mass is 10.2. The zero-order valence-corrected chi connectivity index (χ0v) is 8.23. The van der Waals surface area contributed by atoms with E-state index in [-0.39, 0.29) is 6.61 Å². The molecule has 3 N–H and O–H groups in total. The van der Waals surface area contributed by atoms with Gasteiger partial charge >= 0.3 is 0 Å². The van der Waals surface area contributed by atoms with Crippen LogP contribution < -0.4 is 10.5 Å². The van der Waals surface area contributed by atoms with Gasteiger partial charge in [0.25, 0.3) is 0 Å². The third kappa shape index (κ3) is 2.56. The summed E-state index contributed by atoms with van der Waals surface area (Å²) >= 11 is 0. The summed E-state index contributed by atoms with van der Waals surface area (Å²) in [6.07, 6.45) is 2.71. The van der Waals surface area contributed by atoms with E-state index in [1.165, 1.54) is 6.33 Å². The average molecular weight is 197 g/mol. The van der Waals surface area contributed by atoms with Gasteiger partial charge in [0, 0.05) is 13.0 Å². The maximum absolute atomic E-state index is 8.59. The van der Waals surface area contributed by atoms with Crippen molar-refractivity contribution in [3.8, 4) is 5.88 Å². The molecule has 1 aromatic heterocycles. The first kappa shape index (κ1) is 10.7. The molecule has 78 valence electrons. The van der Waals surface area contributed by atoms with Crippen molar-refractivity contribution in [3.05, 3.63) is 11.9 Å². The van der Waals surface area contributed by atoms with Gasteiger partial charge in [-0.3, -0.25) is 0 Å². The number of nitrogens with two attached hydrogens (primary N) is 1. The molecule has 5 heteroatoms. The number of hydrogen-bond acceptors (Lipinski definition) is 5. The van der Waals surface area contributed by atoms with Crippen LogP contribution in [0.15, 0.2) is 6.33 Å². The van der Waals surface area contributed by atoms with Gasteiger partial charge in [-0.05, 0) is 6.42 Å². The van der Waals surface area contributed by atoms with E-state index < -0.39 is 0 Å². The van der Waals surface area contributed by atoms with E-state index in [9.17, 15) is 0 Å². The average Bonchev–Trinajstić information content (AvgIpc) is 2.18. The Bertz CT molecular complexity index is 291. The number of nitrogen functional groups attached to an aromatic ring is 1. The molecule has 0 amide bonds. The fourth-order valence-corrected chi connectivity index (χ4v) is 1.10. The van der Waals surface area contributed by atoms with Crippen molar-refractivity contribution in [2.24, 2.45) is 0 Å². The number of ether oxygens (including phenoxy) is 1. The van der Waals surface area contributed by atoms with Crippen LogP contribution in [0, 0.1) is 0 Å². The normalized spacial score (nSPS) is 10.1. The lowest BCUT2D eigenvalue weighted by Gasteiger charge is -2.09. The van der Waals surface area contributed by atoms with Crippen LogP contribution in [0.5, 0.6) is 5.88 Å².